The van der Waals surface area contributed by atoms with Crippen molar-refractivity contribution in [3.8, 4) is 0 Å². The van der Waals surface area contributed by atoms with Gasteiger partial charge < -0.3 is 0 Å². The van der Waals surface area contributed by atoms with Crippen LogP contribution in [0.3, 0.4) is 0 Å². The van der Waals surface area contributed by atoms with Gasteiger partial charge in [0.25, 0.3) is 0 Å². The molecule has 11 heteroatoms. The highest BCUT2D eigenvalue weighted by Gasteiger charge is 2.22. The van der Waals surface area contributed by atoms with Crippen LogP contribution in [0.5, 0.6) is 0 Å². The van der Waals surface area contributed by atoms with Crippen LogP contribution in [-0.4, -0.2) is 49.3 Å². The van der Waals surface area contributed by atoms with Gasteiger partial charge in [0.05, 0.1) is 11.9 Å². The maximum atomic E-state index is 12.3. The molecule has 2 rings (SSSR count). The zero-order valence-electron chi connectivity index (χ0n) is 14.6. The maximum absolute atomic E-state index is 12.3. The monoisotopic (exact) mass is 432 g/mol. The predicted molar refractivity (Wildman–Crippen MR) is 110 cm³/mol. The first-order chi connectivity index (χ1) is 12.3. The number of aromatic nitrogens is 2. The lowest BCUT2D eigenvalue weighted by atomic mass is 10.3. The van der Waals surface area contributed by atoms with Gasteiger partial charge in [-0.25, -0.2) is 8.42 Å². The molecule has 0 atom stereocenters. The van der Waals surface area contributed by atoms with E-state index in [2.05, 4.69) is 22.4 Å². The molecule has 0 bridgehead atoms. The van der Waals surface area contributed by atoms with Gasteiger partial charge in [-0.05, 0) is 30.9 Å². The van der Waals surface area contributed by atoms with Gasteiger partial charge in [0.15, 0.2) is 4.34 Å². The van der Waals surface area contributed by atoms with Crippen molar-refractivity contribution < 1.29 is 13.2 Å². The number of sulfonamides is 1. The standard InChI is InChI=1S/C15H20N4O3S4/c1-4-8-24-15-18-17-14(25-15)16-13(20)10-19(26(3,21)22)11-6-5-7-12(9-11)23-2/h5-7,9H,4,8,10H2,1-3H3,(H,16,17,20). The highest BCUT2D eigenvalue weighted by Crippen LogP contribution is 2.26. The molecule has 26 heavy (non-hydrogen) atoms. The van der Waals surface area contributed by atoms with E-state index in [1.807, 2.05) is 12.3 Å². The summed E-state index contributed by atoms with van der Waals surface area (Å²) in [7, 11) is -3.61. The average Bonchev–Trinajstić information content (AvgIpc) is 3.04. The minimum absolute atomic E-state index is 0.326. The summed E-state index contributed by atoms with van der Waals surface area (Å²) in [6.45, 7) is 1.75. The molecule has 0 spiro atoms. The van der Waals surface area contributed by atoms with E-state index in [-0.39, 0.29) is 6.54 Å². The van der Waals surface area contributed by atoms with E-state index in [1.165, 1.54) is 23.1 Å². The summed E-state index contributed by atoms with van der Waals surface area (Å²) in [4.78, 5) is 13.2. The van der Waals surface area contributed by atoms with Crippen molar-refractivity contribution in [2.24, 2.45) is 0 Å². The topological polar surface area (TPSA) is 92.3 Å². The van der Waals surface area contributed by atoms with Crippen molar-refractivity contribution in [3.05, 3.63) is 24.3 Å². The normalized spacial score (nSPS) is 11.3. The third kappa shape index (κ3) is 6.15. The van der Waals surface area contributed by atoms with E-state index in [0.29, 0.717) is 10.8 Å². The summed E-state index contributed by atoms with van der Waals surface area (Å²) in [6.07, 6.45) is 4.00. The quantitative estimate of drug-likeness (QED) is 0.480. The van der Waals surface area contributed by atoms with E-state index < -0.39 is 15.9 Å². The molecule has 1 amide bonds. The molecule has 1 N–H and O–H groups in total. The van der Waals surface area contributed by atoms with Crippen LogP contribution < -0.4 is 9.62 Å². The fourth-order valence-electron chi connectivity index (χ4n) is 1.96. The Kier molecular flexibility index (Phi) is 7.74. The Balaban J connectivity index is 2.10. The summed E-state index contributed by atoms with van der Waals surface area (Å²) in [5, 5.41) is 10.9. The summed E-state index contributed by atoms with van der Waals surface area (Å²) < 4.78 is 26.2. The van der Waals surface area contributed by atoms with Gasteiger partial charge in [-0.3, -0.25) is 14.4 Å². The molecular formula is C15H20N4O3S4. The zero-order chi connectivity index (χ0) is 19.2. The maximum Gasteiger partial charge on any atom is 0.246 e. The molecule has 7 nitrogen and oxygen atoms in total. The highest BCUT2D eigenvalue weighted by atomic mass is 32.2. The van der Waals surface area contributed by atoms with Crippen LogP contribution in [0.25, 0.3) is 0 Å². The molecule has 0 aliphatic heterocycles. The van der Waals surface area contributed by atoms with E-state index in [4.69, 9.17) is 0 Å². The Morgan fingerprint density at radius 3 is 2.77 bits per heavy atom. The minimum Gasteiger partial charge on any atom is -0.299 e. The Morgan fingerprint density at radius 1 is 1.35 bits per heavy atom. The second-order valence-corrected chi connectivity index (χ2v) is 10.3. The summed E-state index contributed by atoms with van der Waals surface area (Å²) in [5.74, 6) is 0.462. The molecule has 0 fully saturated rings. The van der Waals surface area contributed by atoms with Gasteiger partial charge >= 0.3 is 0 Å². The third-order valence-electron chi connectivity index (χ3n) is 3.11. The number of benzene rings is 1. The number of carbonyl (C=O) groups is 1. The Hall–Kier alpha value is -1.30. The molecule has 0 aliphatic rings. The second kappa shape index (κ2) is 9.58. The fraction of sp³-hybridized carbons (Fsp3) is 0.400. The number of nitrogens with one attached hydrogen (secondary N) is 1. The summed E-state index contributed by atoms with van der Waals surface area (Å²) in [5.41, 5.74) is 0.450. The molecule has 0 saturated heterocycles. The molecular weight excluding hydrogens is 412 g/mol. The first kappa shape index (κ1) is 21.0. The first-order valence-electron chi connectivity index (χ1n) is 7.71. The lowest BCUT2D eigenvalue weighted by molar-refractivity contribution is -0.114. The lowest BCUT2D eigenvalue weighted by Gasteiger charge is -2.22. The molecule has 1 aromatic carbocycles. The molecule has 0 unspecified atom stereocenters. The number of carbonyl (C=O) groups excluding carboxylic acids is 1. The van der Waals surface area contributed by atoms with Gasteiger partial charge in [-0.15, -0.1) is 22.0 Å². The van der Waals surface area contributed by atoms with Crippen LogP contribution in [0.2, 0.25) is 0 Å². The van der Waals surface area contributed by atoms with E-state index in [0.717, 1.165) is 32.0 Å². The van der Waals surface area contributed by atoms with Gasteiger partial charge in [0.2, 0.25) is 21.1 Å². The molecule has 142 valence electrons. The molecule has 1 aromatic heterocycles. The van der Waals surface area contributed by atoms with Crippen molar-refractivity contribution in [1.29, 1.82) is 0 Å². The summed E-state index contributed by atoms with van der Waals surface area (Å²) in [6, 6.07) is 7.05. The smallest absolute Gasteiger partial charge is 0.246 e. The van der Waals surface area contributed by atoms with Gasteiger partial charge in [-0.1, -0.05) is 36.1 Å². The number of hydrogen-bond donors (Lipinski definition) is 1. The van der Waals surface area contributed by atoms with Crippen molar-refractivity contribution in [3.63, 3.8) is 0 Å². The third-order valence-corrected chi connectivity index (χ3v) is 7.16. The first-order valence-corrected chi connectivity index (χ1v) is 12.6. The number of anilines is 2. The largest absolute Gasteiger partial charge is 0.299 e. The molecule has 0 aliphatic carbocycles. The zero-order valence-corrected chi connectivity index (χ0v) is 17.9. The minimum atomic E-state index is -3.61. The average molecular weight is 433 g/mol. The Morgan fingerprint density at radius 2 is 2.12 bits per heavy atom. The molecule has 2 aromatic rings. The number of thioether (sulfide) groups is 2. The van der Waals surface area contributed by atoms with E-state index >= 15 is 0 Å². The Bertz CT molecular complexity index is 854. The Labute approximate surface area is 166 Å². The van der Waals surface area contributed by atoms with Crippen LogP contribution >= 0.6 is 34.9 Å². The van der Waals surface area contributed by atoms with Gasteiger partial charge in [0, 0.05) is 10.6 Å². The van der Waals surface area contributed by atoms with Crippen LogP contribution in [-0.2, 0) is 14.8 Å². The predicted octanol–water partition coefficient (Wildman–Crippen LogP) is 3.17. The molecule has 1 heterocycles. The van der Waals surface area contributed by atoms with Crippen LogP contribution in [0.4, 0.5) is 10.8 Å². The molecule has 0 radical (unpaired) electrons. The van der Waals surface area contributed by atoms with E-state index in [9.17, 15) is 13.2 Å². The van der Waals surface area contributed by atoms with Gasteiger partial charge in [-0.2, -0.15) is 0 Å². The fourth-order valence-corrected chi connectivity index (χ4v) is 4.96. The van der Waals surface area contributed by atoms with E-state index in [1.54, 1.807) is 30.0 Å². The van der Waals surface area contributed by atoms with Crippen LogP contribution in [0, 0.1) is 0 Å². The van der Waals surface area contributed by atoms with Crippen molar-refractivity contribution in [1.82, 2.24) is 10.2 Å². The van der Waals surface area contributed by atoms with Crippen molar-refractivity contribution in [2.75, 3.05) is 34.4 Å². The number of hydrogen-bond acceptors (Lipinski definition) is 8. The SMILES string of the molecule is CCCSc1nnc(NC(=O)CN(c2cccc(SC)c2)S(C)(=O)=O)s1. The lowest BCUT2D eigenvalue weighted by Crippen LogP contribution is -2.37. The number of rotatable bonds is 9. The van der Waals surface area contributed by atoms with Crippen molar-refractivity contribution in [2.45, 2.75) is 22.6 Å². The van der Waals surface area contributed by atoms with Crippen molar-refractivity contribution >= 4 is 61.6 Å². The van der Waals surface area contributed by atoms with Crippen LogP contribution in [0.1, 0.15) is 13.3 Å². The van der Waals surface area contributed by atoms with Crippen LogP contribution in [0.15, 0.2) is 33.5 Å². The highest BCUT2D eigenvalue weighted by molar-refractivity contribution is 8.01. The number of nitrogens with zero attached hydrogens (tertiary/aromatic N) is 3. The number of amides is 1. The molecule has 0 saturated carbocycles. The summed E-state index contributed by atoms with van der Waals surface area (Å²) >= 11 is 4.35. The second-order valence-electron chi connectivity index (χ2n) is 5.24. The van der Waals surface area contributed by atoms with Gasteiger partial charge in [0.1, 0.15) is 6.54 Å².